The van der Waals surface area contributed by atoms with E-state index in [0.717, 1.165) is 22.1 Å². The van der Waals surface area contributed by atoms with Crippen LogP contribution in [0.5, 0.6) is 0 Å². The molecule has 0 heterocycles. The zero-order valence-electron chi connectivity index (χ0n) is 12.7. The third-order valence-corrected chi connectivity index (χ3v) is 3.99. The molecule has 0 fully saturated rings. The first-order valence-corrected chi connectivity index (χ1v) is 8.31. The van der Waals surface area contributed by atoms with Gasteiger partial charge in [0, 0.05) is 10.5 Å². The van der Waals surface area contributed by atoms with Crippen molar-refractivity contribution in [3.8, 4) is 0 Å². The van der Waals surface area contributed by atoms with Crippen LogP contribution >= 0.6 is 15.9 Å². The van der Waals surface area contributed by atoms with Crippen molar-refractivity contribution in [1.82, 2.24) is 0 Å². The summed E-state index contributed by atoms with van der Waals surface area (Å²) in [6.45, 7) is 2.18. The predicted molar refractivity (Wildman–Crippen MR) is 96.9 cm³/mol. The molecule has 0 spiro atoms. The summed E-state index contributed by atoms with van der Waals surface area (Å²) < 4.78 is 0.919. The third kappa shape index (κ3) is 5.15. The smallest absolute Gasteiger partial charge is 0.248 e. The second-order valence-electron chi connectivity index (χ2n) is 5.15. The summed E-state index contributed by atoms with van der Waals surface area (Å²) in [5.74, 6) is -0.133. The van der Waals surface area contributed by atoms with E-state index in [0.29, 0.717) is 0 Å². The van der Waals surface area contributed by atoms with Gasteiger partial charge in [-0.3, -0.25) is 4.79 Å². The molecule has 1 amide bonds. The molecule has 2 aromatic rings. The van der Waals surface area contributed by atoms with Gasteiger partial charge >= 0.3 is 0 Å². The van der Waals surface area contributed by atoms with Crippen LogP contribution in [0.15, 0.2) is 59.1 Å². The Bertz CT molecular complexity index is 650. The van der Waals surface area contributed by atoms with Crippen LogP contribution in [0.3, 0.4) is 0 Å². The SMILES string of the molecule is CCCCc1ccc(NC(=O)/C=C/c2ccccc2)c(Br)c1. The summed E-state index contributed by atoms with van der Waals surface area (Å²) in [5, 5.41) is 2.89. The zero-order valence-corrected chi connectivity index (χ0v) is 14.3. The average molecular weight is 358 g/mol. The van der Waals surface area contributed by atoms with Crippen LogP contribution in [0.4, 0.5) is 5.69 Å². The van der Waals surface area contributed by atoms with Crippen molar-refractivity contribution >= 4 is 33.6 Å². The van der Waals surface area contributed by atoms with Crippen molar-refractivity contribution in [2.45, 2.75) is 26.2 Å². The first-order chi connectivity index (χ1) is 10.7. The van der Waals surface area contributed by atoms with Crippen LogP contribution < -0.4 is 5.32 Å². The molecule has 2 rings (SSSR count). The van der Waals surface area contributed by atoms with Crippen LogP contribution in [-0.2, 0) is 11.2 Å². The van der Waals surface area contributed by atoms with Gasteiger partial charge in [0.25, 0.3) is 0 Å². The largest absolute Gasteiger partial charge is 0.321 e. The predicted octanol–water partition coefficient (Wildman–Crippen LogP) is 5.44. The maximum Gasteiger partial charge on any atom is 0.248 e. The molecule has 0 saturated carbocycles. The summed E-state index contributed by atoms with van der Waals surface area (Å²) in [4.78, 5) is 12.0. The highest BCUT2D eigenvalue weighted by molar-refractivity contribution is 9.10. The van der Waals surface area contributed by atoms with E-state index in [1.807, 2.05) is 36.4 Å². The van der Waals surface area contributed by atoms with Gasteiger partial charge in [0.15, 0.2) is 0 Å². The number of aryl methyl sites for hydroxylation is 1. The monoisotopic (exact) mass is 357 g/mol. The van der Waals surface area contributed by atoms with Gasteiger partial charge in [-0.1, -0.05) is 49.7 Å². The number of nitrogens with one attached hydrogen (secondary N) is 1. The Hall–Kier alpha value is -1.87. The van der Waals surface area contributed by atoms with E-state index in [-0.39, 0.29) is 5.91 Å². The van der Waals surface area contributed by atoms with Crippen molar-refractivity contribution in [2.24, 2.45) is 0 Å². The van der Waals surface area contributed by atoms with E-state index >= 15 is 0 Å². The second kappa shape index (κ2) is 8.54. The van der Waals surface area contributed by atoms with Gasteiger partial charge in [0.05, 0.1) is 5.69 Å². The molecule has 0 aliphatic heterocycles. The standard InChI is InChI=1S/C19H20BrNO/c1-2-3-7-16-10-12-18(17(20)14-16)21-19(22)13-11-15-8-5-4-6-9-15/h4-6,8-14H,2-3,7H2,1H3,(H,21,22)/b13-11+. The van der Waals surface area contributed by atoms with Gasteiger partial charge < -0.3 is 5.32 Å². The number of rotatable bonds is 6. The van der Waals surface area contributed by atoms with Crippen LogP contribution in [-0.4, -0.2) is 5.91 Å². The maximum atomic E-state index is 12.0. The van der Waals surface area contributed by atoms with Crippen molar-refractivity contribution in [3.63, 3.8) is 0 Å². The van der Waals surface area contributed by atoms with Gasteiger partial charge in [-0.2, -0.15) is 0 Å². The summed E-state index contributed by atoms with van der Waals surface area (Å²) in [6, 6.07) is 15.9. The first-order valence-electron chi connectivity index (χ1n) is 7.51. The van der Waals surface area contributed by atoms with Crippen LogP contribution in [0, 0.1) is 0 Å². The molecule has 2 nitrogen and oxygen atoms in total. The normalized spacial score (nSPS) is 10.8. The topological polar surface area (TPSA) is 29.1 Å². The Morgan fingerprint density at radius 1 is 1.18 bits per heavy atom. The lowest BCUT2D eigenvalue weighted by atomic mass is 10.1. The fourth-order valence-corrected chi connectivity index (χ4v) is 2.63. The summed E-state index contributed by atoms with van der Waals surface area (Å²) >= 11 is 3.52. The highest BCUT2D eigenvalue weighted by Crippen LogP contribution is 2.24. The molecule has 1 N–H and O–H groups in total. The fourth-order valence-electron chi connectivity index (χ4n) is 2.11. The van der Waals surface area contributed by atoms with E-state index in [4.69, 9.17) is 0 Å². The van der Waals surface area contributed by atoms with Gasteiger partial charge in [-0.25, -0.2) is 0 Å². The lowest BCUT2D eigenvalue weighted by molar-refractivity contribution is -0.111. The number of carbonyl (C=O) groups is 1. The van der Waals surface area contributed by atoms with Crippen molar-refractivity contribution in [1.29, 1.82) is 0 Å². The average Bonchev–Trinajstić information content (AvgIpc) is 2.54. The molecule has 114 valence electrons. The molecule has 0 saturated heterocycles. The van der Waals surface area contributed by atoms with Crippen LogP contribution in [0.1, 0.15) is 30.9 Å². The molecule has 22 heavy (non-hydrogen) atoms. The van der Waals surface area contributed by atoms with Crippen molar-refractivity contribution < 1.29 is 4.79 Å². The number of benzene rings is 2. The number of carbonyl (C=O) groups excluding carboxylic acids is 1. The number of anilines is 1. The first kappa shape index (κ1) is 16.5. The molecule has 0 unspecified atom stereocenters. The third-order valence-electron chi connectivity index (χ3n) is 3.34. The van der Waals surface area contributed by atoms with E-state index in [9.17, 15) is 4.79 Å². The van der Waals surface area contributed by atoms with E-state index in [1.165, 1.54) is 18.4 Å². The molecule has 3 heteroatoms. The minimum Gasteiger partial charge on any atom is -0.321 e. The van der Waals surface area contributed by atoms with E-state index < -0.39 is 0 Å². The van der Waals surface area contributed by atoms with E-state index in [1.54, 1.807) is 12.2 Å². The fraction of sp³-hybridized carbons (Fsp3) is 0.211. The van der Waals surface area contributed by atoms with Crippen molar-refractivity contribution in [2.75, 3.05) is 5.32 Å². The van der Waals surface area contributed by atoms with Gasteiger partial charge in [0.2, 0.25) is 5.91 Å². The number of hydrogen-bond acceptors (Lipinski definition) is 1. The Morgan fingerprint density at radius 3 is 2.64 bits per heavy atom. The molecule has 0 bridgehead atoms. The molecular formula is C19H20BrNO. The highest BCUT2D eigenvalue weighted by atomic mass is 79.9. The number of unbranched alkanes of at least 4 members (excludes halogenated alkanes) is 1. The van der Waals surface area contributed by atoms with Gasteiger partial charge in [-0.15, -0.1) is 0 Å². The molecule has 0 aromatic heterocycles. The summed E-state index contributed by atoms with van der Waals surface area (Å²) in [5.41, 5.74) is 3.08. The summed E-state index contributed by atoms with van der Waals surface area (Å²) in [6.07, 6.45) is 6.78. The number of halogens is 1. The van der Waals surface area contributed by atoms with E-state index in [2.05, 4.69) is 40.3 Å². The minimum atomic E-state index is -0.133. The molecular weight excluding hydrogens is 338 g/mol. The Labute approximate surface area is 140 Å². The maximum absolute atomic E-state index is 12.0. The Balaban J connectivity index is 1.98. The molecule has 0 radical (unpaired) electrons. The van der Waals surface area contributed by atoms with Crippen LogP contribution in [0.25, 0.3) is 6.08 Å². The Morgan fingerprint density at radius 2 is 1.95 bits per heavy atom. The zero-order chi connectivity index (χ0) is 15.8. The molecule has 0 aliphatic rings. The second-order valence-corrected chi connectivity index (χ2v) is 6.01. The molecule has 0 atom stereocenters. The van der Waals surface area contributed by atoms with Gasteiger partial charge in [0.1, 0.15) is 0 Å². The lowest BCUT2D eigenvalue weighted by Gasteiger charge is -2.07. The molecule has 0 aliphatic carbocycles. The van der Waals surface area contributed by atoms with Crippen molar-refractivity contribution in [3.05, 3.63) is 70.2 Å². The number of amides is 1. The van der Waals surface area contributed by atoms with Crippen LogP contribution in [0.2, 0.25) is 0 Å². The minimum absolute atomic E-state index is 0.133. The highest BCUT2D eigenvalue weighted by Gasteiger charge is 2.04. The number of hydrogen-bond donors (Lipinski definition) is 1. The quantitative estimate of drug-likeness (QED) is 0.684. The molecule has 2 aromatic carbocycles. The Kier molecular flexibility index (Phi) is 6.41. The summed E-state index contributed by atoms with van der Waals surface area (Å²) in [7, 11) is 0. The van der Waals surface area contributed by atoms with Gasteiger partial charge in [-0.05, 0) is 58.1 Å². The lowest BCUT2D eigenvalue weighted by Crippen LogP contribution is -2.08.